The van der Waals surface area contributed by atoms with Gasteiger partial charge in [0, 0.05) is 6.92 Å². The molecule has 0 aromatic carbocycles. The molecule has 4 nitrogen and oxygen atoms in total. The number of rotatable bonds is 1. The monoisotopic (exact) mass is 113 g/mol. The molecule has 0 aliphatic rings. The van der Waals surface area contributed by atoms with Gasteiger partial charge in [-0.05, 0) is 0 Å². The smallest absolute Gasteiger partial charge is 0.192 e. The zero-order valence-corrected chi connectivity index (χ0v) is 4.51. The summed E-state index contributed by atoms with van der Waals surface area (Å²) in [7, 11) is 0. The number of nitrogens with zero attached hydrogens (tertiary/aromatic N) is 1. The van der Waals surface area contributed by atoms with E-state index in [2.05, 4.69) is 10.4 Å². The Balaban J connectivity index is 2.84. The molecular formula is C4H7N3O. The van der Waals surface area contributed by atoms with E-state index in [-0.39, 0.29) is 0 Å². The highest BCUT2D eigenvalue weighted by Gasteiger charge is 1.92. The van der Waals surface area contributed by atoms with Crippen LogP contribution in [-0.4, -0.2) is 4.98 Å². The quantitative estimate of drug-likeness (QED) is 0.405. The lowest BCUT2D eigenvalue weighted by Gasteiger charge is -1.83. The summed E-state index contributed by atoms with van der Waals surface area (Å²) in [5, 5.41) is 0. The minimum atomic E-state index is 0.558. The van der Waals surface area contributed by atoms with Gasteiger partial charge in [0.15, 0.2) is 11.7 Å². The molecule has 4 heteroatoms. The van der Waals surface area contributed by atoms with Gasteiger partial charge in [-0.25, -0.2) is 5.84 Å². The first kappa shape index (κ1) is 5.11. The SMILES string of the molecule is Cc1nc(NN)co1. The lowest BCUT2D eigenvalue weighted by Crippen LogP contribution is -2.06. The minimum Gasteiger partial charge on any atom is -0.447 e. The molecule has 1 aromatic heterocycles. The molecule has 0 fully saturated rings. The predicted molar refractivity (Wildman–Crippen MR) is 29.1 cm³/mol. The number of aromatic nitrogens is 1. The molecule has 1 rings (SSSR count). The number of anilines is 1. The molecule has 8 heavy (non-hydrogen) atoms. The van der Waals surface area contributed by atoms with Gasteiger partial charge in [0.05, 0.1) is 0 Å². The number of nitrogen functional groups attached to an aromatic ring is 1. The van der Waals surface area contributed by atoms with E-state index in [0.29, 0.717) is 11.7 Å². The fourth-order valence-corrected chi connectivity index (χ4v) is 0.430. The summed E-state index contributed by atoms with van der Waals surface area (Å²) in [6.45, 7) is 1.75. The number of nitrogens with two attached hydrogens (primary N) is 1. The molecule has 0 spiro atoms. The molecule has 0 bridgehead atoms. The molecule has 0 saturated carbocycles. The van der Waals surface area contributed by atoms with Crippen LogP contribution in [0.1, 0.15) is 5.89 Å². The van der Waals surface area contributed by atoms with Crippen LogP contribution in [-0.2, 0) is 0 Å². The molecule has 1 aromatic rings. The third kappa shape index (κ3) is 0.788. The summed E-state index contributed by atoms with van der Waals surface area (Å²) in [5.74, 6) is 6.16. The molecular weight excluding hydrogens is 106 g/mol. The van der Waals surface area contributed by atoms with Crippen LogP contribution in [0.5, 0.6) is 0 Å². The summed E-state index contributed by atoms with van der Waals surface area (Å²) >= 11 is 0. The number of hydrazine groups is 1. The van der Waals surface area contributed by atoms with E-state index in [1.54, 1.807) is 6.92 Å². The van der Waals surface area contributed by atoms with Gasteiger partial charge in [0.25, 0.3) is 0 Å². The van der Waals surface area contributed by atoms with Crippen LogP contribution < -0.4 is 11.3 Å². The van der Waals surface area contributed by atoms with E-state index in [4.69, 9.17) is 10.3 Å². The normalized spacial score (nSPS) is 9.25. The summed E-state index contributed by atoms with van der Waals surface area (Å²) in [5.41, 5.74) is 2.34. The van der Waals surface area contributed by atoms with Crippen molar-refractivity contribution in [1.82, 2.24) is 4.98 Å². The van der Waals surface area contributed by atoms with E-state index in [1.807, 2.05) is 0 Å². The highest BCUT2D eigenvalue weighted by molar-refractivity contribution is 5.27. The van der Waals surface area contributed by atoms with E-state index in [9.17, 15) is 0 Å². The Morgan fingerprint density at radius 1 is 1.88 bits per heavy atom. The second-order valence-electron chi connectivity index (χ2n) is 1.40. The Labute approximate surface area is 46.7 Å². The third-order valence-electron chi connectivity index (χ3n) is 0.767. The van der Waals surface area contributed by atoms with Crippen molar-refractivity contribution >= 4 is 5.82 Å². The van der Waals surface area contributed by atoms with Crippen molar-refractivity contribution in [2.45, 2.75) is 6.92 Å². The average Bonchev–Trinajstić information content (AvgIpc) is 2.14. The largest absolute Gasteiger partial charge is 0.447 e. The van der Waals surface area contributed by atoms with Gasteiger partial charge in [-0.2, -0.15) is 4.98 Å². The number of nitrogens with one attached hydrogen (secondary N) is 1. The van der Waals surface area contributed by atoms with Gasteiger partial charge in [0.2, 0.25) is 0 Å². The van der Waals surface area contributed by atoms with E-state index in [1.165, 1.54) is 6.26 Å². The second kappa shape index (κ2) is 1.83. The predicted octanol–water partition coefficient (Wildman–Crippen LogP) is 0.269. The van der Waals surface area contributed by atoms with E-state index < -0.39 is 0 Å². The maximum Gasteiger partial charge on any atom is 0.192 e. The zero-order valence-electron chi connectivity index (χ0n) is 4.51. The lowest BCUT2D eigenvalue weighted by molar-refractivity contribution is 0.521. The van der Waals surface area contributed by atoms with Crippen LogP contribution in [0.2, 0.25) is 0 Å². The molecule has 0 saturated heterocycles. The summed E-state index contributed by atoms with van der Waals surface area (Å²) in [6.07, 6.45) is 1.45. The molecule has 0 aliphatic heterocycles. The topological polar surface area (TPSA) is 64.1 Å². The maximum atomic E-state index is 4.99. The van der Waals surface area contributed by atoms with Gasteiger partial charge < -0.3 is 9.84 Å². The van der Waals surface area contributed by atoms with Gasteiger partial charge in [0.1, 0.15) is 6.26 Å². The number of aryl methyl sites for hydroxylation is 1. The second-order valence-corrected chi connectivity index (χ2v) is 1.40. The van der Waals surface area contributed by atoms with E-state index in [0.717, 1.165) is 0 Å². The lowest BCUT2D eigenvalue weighted by atomic mass is 10.8. The molecule has 3 N–H and O–H groups in total. The van der Waals surface area contributed by atoms with Crippen LogP contribution in [0, 0.1) is 6.92 Å². The highest BCUT2D eigenvalue weighted by Crippen LogP contribution is 2.02. The maximum absolute atomic E-state index is 4.99. The fraction of sp³-hybridized carbons (Fsp3) is 0.250. The first-order valence-electron chi connectivity index (χ1n) is 2.21. The van der Waals surface area contributed by atoms with Gasteiger partial charge in [-0.15, -0.1) is 0 Å². The Morgan fingerprint density at radius 3 is 2.88 bits per heavy atom. The number of hydrogen-bond acceptors (Lipinski definition) is 4. The molecule has 1 heterocycles. The van der Waals surface area contributed by atoms with Crippen molar-refractivity contribution in [2.24, 2.45) is 5.84 Å². The summed E-state index contributed by atoms with van der Waals surface area (Å²) in [6, 6.07) is 0. The standard InChI is InChI=1S/C4H7N3O/c1-3-6-4(7-5)2-8-3/h2,7H,5H2,1H3. The first-order valence-corrected chi connectivity index (χ1v) is 2.21. The zero-order chi connectivity index (χ0) is 5.98. The van der Waals surface area contributed by atoms with Crippen LogP contribution in [0.25, 0.3) is 0 Å². The molecule has 0 aliphatic carbocycles. The molecule has 0 atom stereocenters. The molecule has 0 radical (unpaired) electrons. The third-order valence-corrected chi connectivity index (χ3v) is 0.767. The van der Waals surface area contributed by atoms with Gasteiger partial charge in [-0.1, -0.05) is 0 Å². The molecule has 44 valence electrons. The van der Waals surface area contributed by atoms with Crippen molar-refractivity contribution < 1.29 is 4.42 Å². The average molecular weight is 113 g/mol. The van der Waals surface area contributed by atoms with Crippen molar-refractivity contribution in [3.8, 4) is 0 Å². The summed E-state index contributed by atoms with van der Waals surface area (Å²) < 4.78 is 4.80. The van der Waals surface area contributed by atoms with Crippen LogP contribution in [0.3, 0.4) is 0 Å². The fourth-order valence-electron chi connectivity index (χ4n) is 0.430. The molecule has 0 amide bonds. The molecule has 0 unspecified atom stereocenters. The Hall–Kier alpha value is -1.03. The van der Waals surface area contributed by atoms with Crippen molar-refractivity contribution in [1.29, 1.82) is 0 Å². The highest BCUT2D eigenvalue weighted by atomic mass is 16.3. The van der Waals surface area contributed by atoms with Gasteiger partial charge >= 0.3 is 0 Å². The summed E-state index contributed by atoms with van der Waals surface area (Å²) in [4.78, 5) is 3.83. The van der Waals surface area contributed by atoms with Crippen LogP contribution in [0.4, 0.5) is 5.82 Å². The van der Waals surface area contributed by atoms with Crippen molar-refractivity contribution in [2.75, 3.05) is 5.43 Å². The number of hydrogen-bond donors (Lipinski definition) is 2. The van der Waals surface area contributed by atoms with Gasteiger partial charge in [-0.3, -0.25) is 0 Å². The Kier molecular flexibility index (Phi) is 1.17. The number of oxazole rings is 1. The van der Waals surface area contributed by atoms with Crippen LogP contribution in [0.15, 0.2) is 10.7 Å². The first-order chi connectivity index (χ1) is 3.83. The van der Waals surface area contributed by atoms with Crippen molar-refractivity contribution in [3.05, 3.63) is 12.2 Å². The van der Waals surface area contributed by atoms with E-state index >= 15 is 0 Å². The van der Waals surface area contributed by atoms with Crippen LogP contribution >= 0.6 is 0 Å². The minimum absolute atomic E-state index is 0.558. The Bertz CT molecular complexity index is 172. The van der Waals surface area contributed by atoms with Crippen molar-refractivity contribution in [3.63, 3.8) is 0 Å². The Morgan fingerprint density at radius 2 is 2.62 bits per heavy atom.